The van der Waals surface area contributed by atoms with E-state index < -0.39 is 0 Å². The third kappa shape index (κ3) is 2.93. The first-order valence-electron chi connectivity index (χ1n) is 6.16. The molecule has 0 fully saturated rings. The van der Waals surface area contributed by atoms with Gasteiger partial charge in [0.25, 0.3) is 0 Å². The molecule has 1 heterocycles. The third-order valence-corrected chi connectivity index (χ3v) is 5.04. The van der Waals surface area contributed by atoms with Crippen LogP contribution < -0.4 is 0 Å². The maximum atomic E-state index is 6.13. The van der Waals surface area contributed by atoms with Gasteiger partial charge in [0.1, 0.15) is 0 Å². The first-order chi connectivity index (χ1) is 8.90. The summed E-state index contributed by atoms with van der Waals surface area (Å²) in [4.78, 5) is 1.29. The standard InChI is InChI=1S/C15H19ClN2S/c1-10-7-15(11(2)6-14(10)16)19-9-13-8-12(3)17(4)18(13)5/h6-8H,3,9H2,1-2,4-5H3. The van der Waals surface area contributed by atoms with Crippen LogP contribution in [0.1, 0.15) is 11.1 Å². The van der Waals surface area contributed by atoms with Crippen LogP contribution in [0.5, 0.6) is 0 Å². The SMILES string of the molecule is C=C1C=C(CSc2cc(C)c(Cl)cc2C)N(C)N1C. The second-order valence-corrected chi connectivity index (χ2v) is 6.25. The van der Waals surface area contributed by atoms with E-state index in [9.17, 15) is 0 Å². The van der Waals surface area contributed by atoms with Crippen molar-refractivity contribution < 1.29 is 0 Å². The number of aryl methyl sites for hydroxylation is 2. The molecule has 0 unspecified atom stereocenters. The summed E-state index contributed by atoms with van der Waals surface area (Å²) in [6.07, 6.45) is 2.13. The summed E-state index contributed by atoms with van der Waals surface area (Å²) in [5.41, 5.74) is 4.66. The monoisotopic (exact) mass is 294 g/mol. The second-order valence-electron chi connectivity index (χ2n) is 4.83. The first-order valence-corrected chi connectivity index (χ1v) is 7.53. The number of allylic oxidation sites excluding steroid dienone is 1. The Balaban J connectivity index is 2.10. The molecule has 0 bridgehead atoms. The van der Waals surface area contributed by atoms with Gasteiger partial charge in [-0.3, -0.25) is 10.0 Å². The van der Waals surface area contributed by atoms with Crippen molar-refractivity contribution in [1.29, 1.82) is 0 Å². The van der Waals surface area contributed by atoms with Crippen LogP contribution in [-0.4, -0.2) is 29.9 Å². The fourth-order valence-corrected chi connectivity index (χ4v) is 3.30. The summed E-state index contributed by atoms with van der Waals surface area (Å²) in [6, 6.07) is 4.20. The molecule has 19 heavy (non-hydrogen) atoms. The number of hydrogen-bond acceptors (Lipinski definition) is 3. The van der Waals surface area contributed by atoms with Gasteiger partial charge in [-0.1, -0.05) is 18.2 Å². The molecule has 0 aliphatic carbocycles. The molecule has 1 aliphatic rings. The average molecular weight is 295 g/mol. The fourth-order valence-electron chi connectivity index (χ4n) is 1.96. The van der Waals surface area contributed by atoms with E-state index in [2.05, 4.69) is 42.7 Å². The molecule has 0 atom stereocenters. The predicted octanol–water partition coefficient (Wildman–Crippen LogP) is 4.24. The highest BCUT2D eigenvalue weighted by molar-refractivity contribution is 7.99. The van der Waals surface area contributed by atoms with Gasteiger partial charge in [-0.2, -0.15) is 0 Å². The maximum absolute atomic E-state index is 6.13. The minimum Gasteiger partial charge on any atom is -0.292 e. The summed E-state index contributed by atoms with van der Waals surface area (Å²) >= 11 is 7.97. The van der Waals surface area contributed by atoms with Crippen molar-refractivity contribution in [3.05, 3.63) is 52.3 Å². The lowest BCUT2D eigenvalue weighted by Gasteiger charge is -2.26. The summed E-state index contributed by atoms with van der Waals surface area (Å²) < 4.78 is 0. The van der Waals surface area contributed by atoms with Crippen LogP contribution in [0.3, 0.4) is 0 Å². The predicted molar refractivity (Wildman–Crippen MR) is 84.4 cm³/mol. The summed E-state index contributed by atoms with van der Waals surface area (Å²) in [5, 5.41) is 5.02. The summed E-state index contributed by atoms with van der Waals surface area (Å²) in [7, 11) is 4.08. The van der Waals surface area contributed by atoms with Gasteiger partial charge >= 0.3 is 0 Å². The van der Waals surface area contributed by atoms with E-state index >= 15 is 0 Å². The summed E-state index contributed by atoms with van der Waals surface area (Å²) in [6.45, 7) is 8.16. The Labute approximate surface area is 124 Å². The Hall–Kier alpha value is -1.06. The molecule has 0 saturated carbocycles. The van der Waals surface area contributed by atoms with Crippen LogP contribution in [0.4, 0.5) is 0 Å². The lowest BCUT2D eigenvalue weighted by atomic mass is 10.2. The Kier molecular flexibility index (Phi) is 4.16. The molecule has 102 valence electrons. The molecule has 2 nitrogen and oxygen atoms in total. The lowest BCUT2D eigenvalue weighted by Crippen LogP contribution is -2.29. The zero-order valence-corrected chi connectivity index (χ0v) is 13.4. The third-order valence-electron chi connectivity index (χ3n) is 3.45. The van der Waals surface area contributed by atoms with Gasteiger partial charge in [-0.15, -0.1) is 11.8 Å². The molecular formula is C15H19ClN2S. The quantitative estimate of drug-likeness (QED) is 0.770. The molecule has 0 spiro atoms. The van der Waals surface area contributed by atoms with E-state index in [-0.39, 0.29) is 0 Å². The molecule has 0 aromatic heterocycles. The molecule has 0 N–H and O–H groups in total. The molecule has 1 aliphatic heterocycles. The molecule has 1 aromatic rings. The second kappa shape index (κ2) is 5.51. The van der Waals surface area contributed by atoms with Crippen LogP contribution in [-0.2, 0) is 0 Å². The Morgan fingerprint density at radius 2 is 1.84 bits per heavy atom. The number of nitrogens with zero attached hydrogens (tertiary/aromatic N) is 2. The average Bonchev–Trinajstić information content (AvgIpc) is 2.60. The maximum Gasteiger partial charge on any atom is 0.0517 e. The summed E-state index contributed by atoms with van der Waals surface area (Å²) in [5.74, 6) is 0.932. The van der Waals surface area contributed by atoms with Crippen LogP contribution in [0, 0.1) is 13.8 Å². The number of benzene rings is 1. The van der Waals surface area contributed by atoms with Gasteiger partial charge in [-0.05, 0) is 43.2 Å². The van der Waals surface area contributed by atoms with Crippen molar-refractivity contribution in [3.63, 3.8) is 0 Å². The van der Waals surface area contributed by atoms with Gasteiger partial charge in [0.15, 0.2) is 0 Å². The highest BCUT2D eigenvalue weighted by atomic mass is 35.5. The van der Waals surface area contributed by atoms with E-state index in [0.717, 1.165) is 22.0 Å². The number of halogens is 1. The smallest absolute Gasteiger partial charge is 0.0517 e. The van der Waals surface area contributed by atoms with E-state index in [1.54, 1.807) is 0 Å². The first kappa shape index (κ1) is 14.4. The van der Waals surface area contributed by atoms with Gasteiger partial charge in [0.2, 0.25) is 0 Å². The van der Waals surface area contributed by atoms with Crippen molar-refractivity contribution in [1.82, 2.24) is 10.0 Å². The van der Waals surface area contributed by atoms with Crippen LogP contribution in [0.15, 0.2) is 41.1 Å². The van der Waals surface area contributed by atoms with Crippen molar-refractivity contribution >= 4 is 23.4 Å². The molecular weight excluding hydrogens is 276 g/mol. The van der Waals surface area contributed by atoms with Gasteiger partial charge < -0.3 is 0 Å². The molecule has 0 saturated heterocycles. The van der Waals surface area contributed by atoms with E-state index in [0.29, 0.717) is 0 Å². The number of likely N-dealkylation sites (N-methyl/N-ethyl adjacent to an activating group) is 1. The highest BCUT2D eigenvalue weighted by Gasteiger charge is 2.19. The molecule has 0 amide bonds. The fraction of sp³-hybridized carbons (Fsp3) is 0.333. The van der Waals surface area contributed by atoms with Gasteiger partial charge in [0, 0.05) is 35.5 Å². The van der Waals surface area contributed by atoms with E-state index in [4.69, 9.17) is 11.6 Å². The van der Waals surface area contributed by atoms with Crippen molar-refractivity contribution in [2.45, 2.75) is 18.7 Å². The number of rotatable bonds is 3. The largest absolute Gasteiger partial charge is 0.292 e. The number of thioether (sulfide) groups is 1. The number of hydrogen-bond donors (Lipinski definition) is 0. The van der Waals surface area contributed by atoms with Crippen LogP contribution in [0.25, 0.3) is 0 Å². The van der Waals surface area contributed by atoms with Gasteiger partial charge in [-0.25, -0.2) is 0 Å². The highest BCUT2D eigenvalue weighted by Crippen LogP contribution is 2.31. The normalized spacial score (nSPS) is 15.2. The Morgan fingerprint density at radius 3 is 2.42 bits per heavy atom. The lowest BCUT2D eigenvalue weighted by molar-refractivity contribution is 0.135. The minimum atomic E-state index is 0.840. The van der Waals surface area contributed by atoms with E-state index in [1.165, 1.54) is 16.2 Å². The molecule has 4 heteroatoms. The molecule has 1 aromatic carbocycles. The van der Waals surface area contributed by atoms with Crippen LogP contribution in [0.2, 0.25) is 5.02 Å². The zero-order chi connectivity index (χ0) is 14.2. The van der Waals surface area contributed by atoms with E-state index in [1.807, 2.05) is 31.8 Å². The Morgan fingerprint density at radius 1 is 1.16 bits per heavy atom. The zero-order valence-electron chi connectivity index (χ0n) is 11.8. The van der Waals surface area contributed by atoms with Gasteiger partial charge in [0.05, 0.1) is 5.70 Å². The van der Waals surface area contributed by atoms with Crippen molar-refractivity contribution in [3.8, 4) is 0 Å². The topological polar surface area (TPSA) is 6.48 Å². The number of hydrazine groups is 1. The molecule has 2 rings (SSSR count). The van der Waals surface area contributed by atoms with Crippen molar-refractivity contribution in [2.75, 3.05) is 19.8 Å². The van der Waals surface area contributed by atoms with Crippen molar-refractivity contribution in [2.24, 2.45) is 0 Å². The molecule has 0 radical (unpaired) electrons. The van der Waals surface area contributed by atoms with Crippen LogP contribution >= 0.6 is 23.4 Å². The Bertz CT molecular complexity index is 551. The minimum absolute atomic E-state index is 0.840.